The second-order valence-corrected chi connectivity index (χ2v) is 17.0. The zero-order chi connectivity index (χ0) is 47.5. The van der Waals surface area contributed by atoms with Crippen LogP contribution in [0.5, 0.6) is 0 Å². The summed E-state index contributed by atoms with van der Waals surface area (Å²) in [6.45, 7) is 0. The molecular weight excluding hydrogens is 893 g/mol. The van der Waals surface area contributed by atoms with E-state index < -0.39 is 0 Å². The Hall–Kier alpha value is -10.3. The molecule has 336 valence electrons. The summed E-state index contributed by atoms with van der Waals surface area (Å²) in [5, 5.41) is 5.69. The predicted molar refractivity (Wildman–Crippen MR) is 279 cm³/mol. The van der Waals surface area contributed by atoms with Crippen LogP contribution in [-0.4, -0.2) is 68.9 Å². The molecule has 6 aromatic carbocycles. The van der Waals surface area contributed by atoms with E-state index in [1.165, 1.54) is 0 Å². The monoisotopic (exact) mass is 926 g/mol. The average molecular weight is 927 g/mol. The van der Waals surface area contributed by atoms with Crippen LogP contribution in [0.4, 0.5) is 0 Å². The lowest BCUT2D eigenvalue weighted by Gasteiger charge is -2.30. The summed E-state index contributed by atoms with van der Waals surface area (Å²) >= 11 is 0. The molecule has 0 amide bonds. The third-order valence-electron chi connectivity index (χ3n) is 13.2. The van der Waals surface area contributed by atoms with Gasteiger partial charge in [-0.3, -0.25) is 59.8 Å². The number of rotatable bonds is 8. The molecule has 14 aromatic rings. The van der Waals surface area contributed by atoms with Crippen LogP contribution < -0.4 is 0 Å². The number of hydrogen-bond donors (Lipinski definition) is 0. The molecule has 0 saturated carbocycles. The zero-order valence-corrected chi connectivity index (χ0v) is 37.9. The van der Waals surface area contributed by atoms with Crippen LogP contribution in [0, 0.1) is 0 Å². The Bertz CT molecular complexity index is 3980. The summed E-state index contributed by atoms with van der Waals surface area (Å²) in [5.74, 6) is 0. The van der Waals surface area contributed by atoms with Crippen molar-refractivity contribution in [2.45, 2.75) is 0 Å². The minimum absolute atomic E-state index is 0.556. The number of aromatic nitrogens is 14. The Labute approximate surface area is 409 Å². The number of nitrogens with zero attached hydrogens (tertiary/aromatic N) is 14. The maximum Gasteiger partial charge on any atom is 0.0913 e. The van der Waals surface area contributed by atoms with E-state index in [0.29, 0.717) is 61.8 Å². The summed E-state index contributed by atoms with van der Waals surface area (Å²) in [7, 11) is 0. The Kier molecular flexibility index (Phi) is 9.45. The molecule has 0 spiro atoms. The molecule has 0 saturated heterocycles. The fourth-order valence-electron chi connectivity index (χ4n) is 10.6. The standard InChI is InChI=1S/C58H34N14/c1-5-13-45-35(9-1)36-10-2-6-14-46(36)71(45)57-51(41-31-61-19-25-67-41)49(39-29-59-17-23-65-39)55-50(40-30-60-18-24-66-40)52(42-32-62-20-26-68-42)58(72-47-15-7-3-11-37(47)38-12-4-8-16-48(38)72)54(44-34-64-22-28-70-44)56(55)53(57)43-33-63-21-27-69-43/h1-34H. The fourth-order valence-corrected chi connectivity index (χ4v) is 10.6. The molecule has 0 aliphatic rings. The second kappa shape index (κ2) is 16.7. The molecular formula is C58H34N14. The quantitative estimate of drug-likeness (QED) is 0.142. The SMILES string of the molecule is c1ccc2c(c1)c1ccccc1n2-c1c(-c2cnccn2)c(-c2cnccn2)c2c(-c3cnccn3)c(-c3cnccn3)c(-n3c4ccccc4c4ccccc43)c(-c3cnccn3)c2c1-c1cnccn1. The van der Waals surface area contributed by atoms with Gasteiger partial charge in [0.15, 0.2) is 0 Å². The second-order valence-electron chi connectivity index (χ2n) is 17.0. The van der Waals surface area contributed by atoms with Crippen LogP contribution in [0.2, 0.25) is 0 Å². The molecule has 8 heterocycles. The minimum atomic E-state index is 0.556. The van der Waals surface area contributed by atoms with Crippen LogP contribution in [0.3, 0.4) is 0 Å². The van der Waals surface area contributed by atoms with E-state index in [1.807, 2.05) is 12.4 Å². The third kappa shape index (κ3) is 6.22. The highest BCUT2D eigenvalue weighted by Gasteiger charge is 2.37. The van der Waals surface area contributed by atoms with Gasteiger partial charge in [0.05, 0.1) is 105 Å². The van der Waals surface area contributed by atoms with Crippen molar-refractivity contribution in [2.75, 3.05) is 0 Å². The molecule has 0 unspecified atom stereocenters. The molecule has 0 N–H and O–H groups in total. The normalized spacial score (nSPS) is 11.6. The molecule has 0 bridgehead atoms. The van der Waals surface area contributed by atoms with E-state index in [-0.39, 0.29) is 0 Å². The van der Waals surface area contributed by atoms with Crippen molar-refractivity contribution in [3.63, 3.8) is 0 Å². The molecule has 72 heavy (non-hydrogen) atoms. The first-order valence-corrected chi connectivity index (χ1v) is 23.1. The van der Waals surface area contributed by atoms with E-state index in [9.17, 15) is 0 Å². The van der Waals surface area contributed by atoms with Crippen molar-refractivity contribution in [3.05, 3.63) is 209 Å². The van der Waals surface area contributed by atoms with Crippen LogP contribution in [0.1, 0.15) is 0 Å². The van der Waals surface area contributed by atoms with Crippen molar-refractivity contribution in [1.82, 2.24) is 68.9 Å². The molecule has 14 nitrogen and oxygen atoms in total. The smallest absolute Gasteiger partial charge is 0.0913 e. The minimum Gasteiger partial charge on any atom is -0.308 e. The lowest BCUT2D eigenvalue weighted by atomic mass is 9.79. The molecule has 14 heteroatoms. The molecule has 0 radical (unpaired) electrons. The Morgan fingerprint density at radius 2 is 0.472 bits per heavy atom. The molecule has 14 rings (SSSR count). The summed E-state index contributed by atoms with van der Waals surface area (Å²) < 4.78 is 4.63. The molecule has 0 aliphatic heterocycles. The van der Waals surface area contributed by atoms with Crippen LogP contribution in [-0.2, 0) is 0 Å². The van der Waals surface area contributed by atoms with Crippen molar-refractivity contribution >= 4 is 54.4 Å². The first kappa shape index (κ1) is 40.7. The lowest BCUT2D eigenvalue weighted by molar-refractivity contribution is 1.13. The number of para-hydroxylation sites is 4. The number of benzene rings is 6. The zero-order valence-electron chi connectivity index (χ0n) is 37.9. The van der Waals surface area contributed by atoms with Crippen molar-refractivity contribution in [3.8, 4) is 78.9 Å². The largest absolute Gasteiger partial charge is 0.308 e. The van der Waals surface area contributed by atoms with Gasteiger partial charge in [-0.1, -0.05) is 72.8 Å². The molecule has 0 fully saturated rings. The Morgan fingerprint density at radius 1 is 0.236 bits per heavy atom. The topological polar surface area (TPSA) is 165 Å². The first-order valence-electron chi connectivity index (χ1n) is 23.1. The highest BCUT2D eigenvalue weighted by Crippen LogP contribution is 2.58. The highest BCUT2D eigenvalue weighted by molar-refractivity contribution is 6.28. The van der Waals surface area contributed by atoms with Gasteiger partial charge < -0.3 is 9.13 Å². The van der Waals surface area contributed by atoms with Gasteiger partial charge in [-0.2, -0.15) is 0 Å². The average Bonchev–Trinajstić information content (AvgIpc) is 3.98. The first-order chi connectivity index (χ1) is 35.8. The summed E-state index contributed by atoms with van der Waals surface area (Å²) in [6.07, 6.45) is 31.2. The molecule has 8 aromatic heterocycles. The van der Waals surface area contributed by atoms with E-state index in [0.717, 1.165) is 71.5 Å². The van der Waals surface area contributed by atoms with Crippen molar-refractivity contribution < 1.29 is 0 Å². The molecule has 0 aliphatic carbocycles. The number of fused-ring (bicyclic) bond motifs is 7. The predicted octanol–water partition coefficient (Wildman–Crippen LogP) is 11.8. The van der Waals surface area contributed by atoms with E-state index in [2.05, 4.69) is 106 Å². The van der Waals surface area contributed by atoms with E-state index >= 15 is 0 Å². The van der Waals surface area contributed by atoms with E-state index in [4.69, 9.17) is 59.8 Å². The molecule has 0 atom stereocenters. The Balaban J connectivity index is 1.40. The maximum atomic E-state index is 5.24. The van der Waals surface area contributed by atoms with Crippen LogP contribution in [0.25, 0.3) is 133 Å². The van der Waals surface area contributed by atoms with Gasteiger partial charge in [0.2, 0.25) is 0 Å². The lowest BCUT2D eigenvalue weighted by Crippen LogP contribution is -2.11. The van der Waals surface area contributed by atoms with Crippen molar-refractivity contribution in [1.29, 1.82) is 0 Å². The van der Waals surface area contributed by atoms with Crippen LogP contribution >= 0.6 is 0 Å². The van der Waals surface area contributed by atoms with Crippen LogP contribution in [0.15, 0.2) is 209 Å². The summed E-state index contributed by atoms with van der Waals surface area (Å²) in [6, 6.07) is 33.8. The summed E-state index contributed by atoms with van der Waals surface area (Å²) in [4.78, 5) is 59.8. The van der Waals surface area contributed by atoms with Gasteiger partial charge in [-0.05, 0) is 24.3 Å². The van der Waals surface area contributed by atoms with Gasteiger partial charge in [-0.15, -0.1) is 0 Å². The number of hydrogen-bond acceptors (Lipinski definition) is 12. The van der Waals surface area contributed by atoms with E-state index in [1.54, 1.807) is 99.1 Å². The van der Waals surface area contributed by atoms with Crippen molar-refractivity contribution in [2.24, 2.45) is 0 Å². The van der Waals surface area contributed by atoms with Gasteiger partial charge >= 0.3 is 0 Å². The highest BCUT2D eigenvalue weighted by atomic mass is 15.0. The van der Waals surface area contributed by atoms with Gasteiger partial charge in [0.25, 0.3) is 0 Å². The maximum absolute atomic E-state index is 5.24. The van der Waals surface area contributed by atoms with Gasteiger partial charge in [0, 0.05) is 140 Å². The van der Waals surface area contributed by atoms with Gasteiger partial charge in [-0.25, -0.2) is 0 Å². The fraction of sp³-hybridized carbons (Fsp3) is 0. The summed E-state index contributed by atoms with van der Waals surface area (Å²) in [5.41, 5.74) is 12.9. The van der Waals surface area contributed by atoms with Gasteiger partial charge in [0.1, 0.15) is 0 Å². The third-order valence-corrected chi connectivity index (χ3v) is 13.2. The Morgan fingerprint density at radius 3 is 0.736 bits per heavy atom.